The van der Waals surface area contributed by atoms with Crippen LogP contribution >= 0.6 is 0 Å². The summed E-state index contributed by atoms with van der Waals surface area (Å²) in [4.78, 5) is 22.6. The van der Waals surface area contributed by atoms with Crippen LogP contribution in [0.2, 0.25) is 0 Å². The second-order valence-electron chi connectivity index (χ2n) is 5.06. The van der Waals surface area contributed by atoms with Gasteiger partial charge in [0.05, 0.1) is 7.11 Å². The van der Waals surface area contributed by atoms with Crippen molar-refractivity contribution in [2.75, 3.05) is 13.7 Å². The third-order valence-corrected chi connectivity index (χ3v) is 3.08. The number of carboxylic acid groups (broad SMARTS) is 1. The maximum absolute atomic E-state index is 11.6. The van der Waals surface area contributed by atoms with Crippen LogP contribution in [0.3, 0.4) is 0 Å². The molecule has 0 aliphatic carbocycles. The lowest BCUT2D eigenvalue weighted by Crippen LogP contribution is -2.48. The molecule has 0 bridgehead atoms. The number of hydrogen-bond acceptors (Lipinski definition) is 3. The summed E-state index contributed by atoms with van der Waals surface area (Å²) < 4.78 is 5.07. The van der Waals surface area contributed by atoms with Gasteiger partial charge in [-0.05, 0) is 30.0 Å². The number of ether oxygens (including phenoxy) is 1. The Kier molecular flexibility index (Phi) is 6.52. The quantitative estimate of drug-likeness (QED) is 0.713. The van der Waals surface area contributed by atoms with Gasteiger partial charge in [-0.15, -0.1) is 0 Å². The van der Waals surface area contributed by atoms with Gasteiger partial charge in [-0.3, -0.25) is 0 Å². The van der Waals surface area contributed by atoms with Crippen molar-refractivity contribution in [3.8, 4) is 5.75 Å². The summed E-state index contributed by atoms with van der Waals surface area (Å²) in [6.07, 6.45) is 0.664. The lowest BCUT2D eigenvalue weighted by Gasteiger charge is -2.18. The van der Waals surface area contributed by atoms with Crippen molar-refractivity contribution in [3.05, 3.63) is 29.8 Å². The summed E-state index contributed by atoms with van der Waals surface area (Å²) >= 11 is 0. The second-order valence-corrected chi connectivity index (χ2v) is 5.06. The van der Waals surface area contributed by atoms with Crippen molar-refractivity contribution in [3.63, 3.8) is 0 Å². The molecule has 3 N–H and O–H groups in total. The maximum Gasteiger partial charge on any atom is 0.326 e. The average Bonchev–Trinajstić information content (AvgIpc) is 2.45. The van der Waals surface area contributed by atoms with Crippen LogP contribution in [0.15, 0.2) is 24.3 Å². The number of urea groups is 1. The Morgan fingerprint density at radius 3 is 2.33 bits per heavy atom. The lowest BCUT2D eigenvalue weighted by molar-refractivity contribution is -0.140. The van der Waals surface area contributed by atoms with Crippen molar-refractivity contribution in [2.45, 2.75) is 26.3 Å². The highest BCUT2D eigenvalue weighted by molar-refractivity contribution is 5.82. The standard InChI is InChI=1S/C15H22N2O4/c1-10(2)13(14(18)19)17-15(20)16-9-8-11-4-6-12(21-3)7-5-11/h4-7,10,13H,8-9H2,1-3H3,(H,18,19)(H2,16,17,20). The van der Waals surface area contributed by atoms with E-state index in [4.69, 9.17) is 9.84 Å². The van der Waals surface area contributed by atoms with Crippen LogP contribution < -0.4 is 15.4 Å². The molecule has 21 heavy (non-hydrogen) atoms. The molecular formula is C15H22N2O4. The Morgan fingerprint density at radius 1 is 1.24 bits per heavy atom. The second kappa shape index (κ2) is 8.14. The molecule has 6 heteroatoms. The first kappa shape index (κ1) is 16.8. The van der Waals surface area contributed by atoms with E-state index in [-0.39, 0.29) is 5.92 Å². The molecule has 2 amide bonds. The number of benzene rings is 1. The predicted octanol–water partition coefficient (Wildman–Crippen LogP) is 1.65. The predicted molar refractivity (Wildman–Crippen MR) is 79.5 cm³/mol. The van der Waals surface area contributed by atoms with Crippen LogP contribution in [0.1, 0.15) is 19.4 Å². The molecule has 116 valence electrons. The molecule has 6 nitrogen and oxygen atoms in total. The minimum atomic E-state index is -1.03. The van der Waals surface area contributed by atoms with E-state index in [9.17, 15) is 9.59 Å². The fraction of sp³-hybridized carbons (Fsp3) is 0.467. The number of aliphatic carboxylic acids is 1. The van der Waals surface area contributed by atoms with Gasteiger partial charge in [-0.2, -0.15) is 0 Å². The Bertz CT molecular complexity index is 471. The Labute approximate surface area is 124 Å². The van der Waals surface area contributed by atoms with Crippen molar-refractivity contribution < 1.29 is 19.4 Å². The molecule has 1 rings (SSSR count). The van der Waals surface area contributed by atoms with Crippen LogP contribution in [0.25, 0.3) is 0 Å². The minimum Gasteiger partial charge on any atom is -0.497 e. The number of carbonyl (C=O) groups excluding carboxylic acids is 1. The zero-order chi connectivity index (χ0) is 15.8. The van der Waals surface area contributed by atoms with E-state index < -0.39 is 18.0 Å². The van der Waals surface area contributed by atoms with Gasteiger partial charge in [0.15, 0.2) is 0 Å². The first-order chi connectivity index (χ1) is 9.93. The number of hydrogen-bond donors (Lipinski definition) is 3. The van der Waals surface area contributed by atoms with Crippen molar-refractivity contribution in [1.29, 1.82) is 0 Å². The fourth-order valence-electron chi connectivity index (χ4n) is 1.82. The van der Waals surface area contributed by atoms with Gasteiger partial charge in [-0.25, -0.2) is 9.59 Å². The molecule has 1 atom stereocenters. The van der Waals surface area contributed by atoms with Gasteiger partial charge >= 0.3 is 12.0 Å². The maximum atomic E-state index is 11.6. The van der Waals surface area contributed by atoms with Gasteiger partial charge < -0.3 is 20.5 Å². The van der Waals surface area contributed by atoms with Crippen LogP contribution in [0.5, 0.6) is 5.75 Å². The third-order valence-electron chi connectivity index (χ3n) is 3.08. The summed E-state index contributed by atoms with van der Waals surface area (Å²) in [6, 6.07) is 6.21. The highest BCUT2D eigenvalue weighted by Crippen LogP contribution is 2.11. The van der Waals surface area contributed by atoms with E-state index in [1.165, 1.54) is 0 Å². The SMILES string of the molecule is COc1ccc(CCNC(=O)NC(C(=O)O)C(C)C)cc1. The summed E-state index contributed by atoms with van der Waals surface area (Å²) in [5.74, 6) is -0.421. The summed E-state index contributed by atoms with van der Waals surface area (Å²) in [5.41, 5.74) is 1.06. The average molecular weight is 294 g/mol. The van der Waals surface area contributed by atoms with Crippen molar-refractivity contribution in [1.82, 2.24) is 10.6 Å². The largest absolute Gasteiger partial charge is 0.497 e. The van der Waals surface area contributed by atoms with Crippen LogP contribution in [0.4, 0.5) is 4.79 Å². The zero-order valence-electron chi connectivity index (χ0n) is 12.6. The normalized spacial score (nSPS) is 11.8. The first-order valence-corrected chi connectivity index (χ1v) is 6.84. The van der Waals surface area contributed by atoms with Crippen LogP contribution in [-0.4, -0.2) is 36.8 Å². The van der Waals surface area contributed by atoms with Gasteiger partial charge in [0.25, 0.3) is 0 Å². The van der Waals surface area contributed by atoms with Gasteiger partial charge in [0, 0.05) is 6.54 Å². The summed E-state index contributed by atoms with van der Waals surface area (Å²) in [6.45, 7) is 3.93. The summed E-state index contributed by atoms with van der Waals surface area (Å²) in [5, 5.41) is 14.1. The Balaban J connectivity index is 2.37. The molecule has 0 saturated heterocycles. The first-order valence-electron chi connectivity index (χ1n) is 6.84. The smallest absolute Gasteiger partial charge is 0.326 e. The van der Waals surface area contributed by atoms with Crippen LogP contribution in [-0.2, 0) is 11.2 Å². The molecule has 0 aliphatic rings. The number of amides is 2. The minimum absolute atomic E-state index is 0.171. The Hall–Kier alpha value is -2.24. The lowest BCUT2D eigenvalue weighted by atomic mass is 10.1. The highest BCUT2D eigenvalue weighted by atomic mass is 16.5. The highest BCUT2D eigenvalue weighted by Gasteiger charge is 2.22. The fourth-order valence-corrected chi connectivity index (χ4v) is 1.82. The molecule has 0 heterocycles. The summed E-state index contributed by atoms with van der Waals surface area (Å²) in [7, 11) is 1.61. The van der Waals surface area contributed by atoms with E-state index in [1.54, 1.807) is 21.0 Å². The van der Waals surface area contributed by atoms with Crippen molar-refractivity contribution >= 4 is 12.0 Å². The molecule has 1 aromatic rings. The monoisotopic (exact) mass is 294 g/mol. The number of nitrogens with one attached hydrogen (secondary N) is 2. The zero-order valence-corrected chi connectivity index (χ0v) is 12.6. The topological polar surface area (TPSA) is 87.7 Å². The molecule has 1 unspecified atom stereocenters. The molecule has 1 aromatic carbocycles. The third kappa shape index (κ3) is 5.72. The molecule has 0 saturated carbocycles. The van der Waals surface area contributed by atoms with Gasteiger partial charge in [-0.1, -0.05) is 26.0 Å². The van der Waals surface area contributed by atoms with E-state index in [0.29, 0.717) is 13.0 Å². The molecular weight excluding hydrogens is 272 g/mol. The molecule has 0 aromatic heterocycles. The number of carbonyl (C=O) groups is 2. The van der Waals surface area contributed by atoms with E-state index in [0.717, 1.165) is 11.3 Å². The van der Waals surface area contributed by atoms with Crippen LogP contribution in [0, 0.1) is 5.92 Å². The number of methoxy groups -OCH3 is 1. The number of carboxylic acids is 1. The van der Waals surface area contributed by atoms with Gasteiger partial charge in [0.1, 0.15) is 11.8 Å². The van der Waals surface area contributed by atoms with E-state index in [1.807, 2.05) is 24.3 Å². The number of rotatable bonds is 7. The molecule has 0 radical (unpaired) electrons. The van der Waals surface area contributed by atoms with Crippen molar-refractivity contribution in [2.24, 2.45) is 5.92 Å². The van der Waals surface area contributed by atoms with E-state index >= 15 is 0 Å². The molecule has 0 spiro atoms. The molecule has 0 fully saturated rings. The van der Waals surface area contributed by atoms with E-state index in [2.05, 4.69) is 10.6 Å². The molecule has 0 aliphatic heterocycles. The Morgan fingerprint density at radius 2 is 1.86 bits per heavy atom. The van der Waals surface area contributed by atoms with Gasteiger partial charge in [0.2, 0.25) is 0 Å².